The first kappa shape index (κ1) is 14.8. The fourth-order valence-electron chi connectivity index (χ4n) is 2.50. The van der Waals surface area contributed by atoms with E-state index in [9.17, 15) is 4.79 Å². The lowest BCUT2D eigenvalue weighted by Crippen LogP contribution is -2.27. The number of carbonyl (C=O) groups excluding carboxylic acids is 1. The molecule has 0 saturated carbocycles. The number of hydrogen-bond acceptors (Lipinski definition) is 2. The van der Waals surface area contributed by atoms with Crippen LogP contribution in [0.4, 0.5) is 5.69 Å². The molecule has 1 aromatic carbocycles. The van der Waals surface area contributed by atoms with Gasteiger partial charge in [0.1, 0.15) is 0 Å². The fraction of sp³-hybridized carbons (Fsp3) is 0.471. The van der Waals surface area contributed by atoms with Crippen molar-refractivity contribution in [1.82, 2.24) is 5.32 Å². The molecule has 0 saturated heterocycles. The Morgan fingerprint density at radius 1 is 1.35 bits per heavy atom. The molecule has 0 heterocycles. The Kier molecular flexibility index (Phi) is 5.81. The summed E-state index contributed by atoms with van der Waals surface area (Å²) < 4.78 is 0. The lowest BCUT2D eigenvalue weighted by atomic mass is 9.94. The number of carbonyl (C=O) groups is 1. The Bertz CT molecular complexity index is 468. The summed E-state index contributed by atoms with van der Waals surface area (Å²) in [6, 6.07) is 7.89. The van der Waals surface area contributed by atoms with Gasteiger partial charge in [0.2, 0.25) is 5.91 Å². The first-order valence-electron chi connectivity index (χ1n) is 7.46. The molecule has 2 N–H and O–H groups in total. The summed E-state index contributed by atoms with van der Waals surface area (Å²) in [6.45, 7) is 3.79. The number of hydrogen-bond donors (Lipinski definition) is 2. The second kappa shape index (κ2) is 7.85. The fourth-order valence-corrected chi connectivity index (χ4v) is 2.50. The lowest BCUT2D eigenvalue weighted by molar-refractivity contribution is -0.116. The molecule has 0 fully saturated rings. The highest BCUT2D eigenvalue weighted by atomic mass is 16.1. The first-order valence-corrected chi connectivity index (χ1v) is 7.46. The average Bonchev–Trinajstić information content (AvgIpc) is 2.45. The van der Waals surface area contributed by atoms with Gasteiger partial charge in [-0.1, -0.05) is 24.3 Å². The average molecular weight is 272 g/mol. The smallest absolute Gasteiger partial charge is 0.225 e. The molecule has 0 aliphatic heterocycles. The molecule has 0 aromatic heterocycles. The maximum atomic E-state index is 11.8. The summed E-state index contributed by atoms with van der Waals surface area (Å²) in [5.41, 5.74) is 2.04. The lowest BCUT2D eigenvalue weighted by Gasteiger charge is -2.18. The van der Waals surface area contributed by atoms with Crippen LogP contribution < -0.4 is 10.6 Å². The van der Waals surface area contributed by atoms with Crippen LogP contribution in [-0.4, -0.2) is 19.0 Å². The van der Waals surface area contributed by atoms with Crippen molar-refractivity contribution < 1.29 is 4.79 Å². The summed E-state index contributed by atoms with van der Waals surface area (Å²) in [4.78, 5) is 11.8. The van der Waals surface area contributed by atoms with Gasteiger partial charge in [-0.05, 0) is 56.3 Å². The highest BCUT2D eigenvalue weighted by molar-refractivity contribution is 5.90. The van der Waals surface area contributed by atoms with Crippen molar-refractivity contribution in [1.29, 1.82) is 0 Å². The molecule has 1 unspecified atom stereocenters. The van der Waals surface area contributed by atoms with Crippen LogP contribution in [0.1, 0.15) is 31.2 Å². The van der Waals surface area contributed by atoms with E-state index in [1.807, 2.05) is 31.2 Å². The highest BCUT2D eigenvalue weighted by Gasteiger charge is 2.09. The number of allylic oxidation sites excluding steroid dienone is 2. The molecule has 3 nitrogen and oxygen atoms in total. The summed E-state index contributed by atoms with van der Waals surface area (Å²) in [7, 11) is 0. The third kappa shape index (κ3) is 5.17. The molecule has 1 amide bonds. The second-order valence-corrected chi connectivity index (χ2v) is 5.52. The quantitative estimate of drug-likeness (QED) is 0.616. The Morgan fingerprint density at radius 3 is 3.00 bits per heavy atom. The van der Waals surface area contributed by atoms with Gasteiger partial charge in [-0.3, -0.25) is 4.79 Å². The zero-order valence-electron chi connectivity index (χ0n) is 12.2. The van der Waals surface area contributed by atoms with Crippen molar-refractivity contribution in [3.8, 4) is 0 Å². The van der Waals surface area contributed by atoms with E-state index in [-0.39, 0.29) is 5.91 Å². The van der Waals surface area contributed by atoms with Crippen LogP contribution in [0.25, 0.3) is 0 Å². The molecule has 0 radical (unpaired) electrons. The SMILES string of the molecule is Cc1cccc(NC(=O)CCNCC2CC=CCC2)c1. The summed E-state index contributed by atoms with van der Waals surface area (Å²) >= 11 is 0. The van der Waals surface area contributed by atoms with Crippen LogP contribution in [0.3, 0.4) is 0 Å². The predicted molar refractivity (Wildman–Crippen MR) is 83.8 cm³/mol. The molecular weight excluding hydrogens is 248 g/mol. The van der Waals surface area contributed by atoms with Crippen molar-refractivity contribution >= 4 is 11.6 Å². The molecule has 20 heavy (non-hydrogen) atoms. The largest absolute Gasteiger partial charge is 0.326 e. The Hall–Kier alpha value is -1.61. The van der Waals surface area contributed by atoms with E-state index in [1.165, 1.54) is 19.3 Å². The van der Waals surface area contributed by atoms with Crippen LogP contribution >= 0.6 is 0 Å². The predicted octanol–water partition coefficient (Wildman–Crippen LogP) is 3.27. The van der Waals surface area contributed by atoms with Crippen molar-refractivity contribution in [2.24, 2.45) is 5.92 Å². The van der Waals surface area contributed by atoms with Crippen LogP contribution in [0.2, 0.25) is 0 Å². The van der Waals surface area contributed by atoms with Gasteiger partial charge in [-0.2, -0.15) is 0 Å². The van der Waals surface area contributed by atoms with E-state index < -0.39 is 0 Å². The normalized spacial score (nSPS) is 17.9. The van der Waals surface area contributed by atoms with Crippen LogP contribution in [-0.2, 0) is 4.79 Å². The number of aryl methyl sites for hydroxylation is 1. The van der Waals surface area contributed by atoms with Crippen LogP contribution in [0.5, 0.6) is 0 Å². The van der Waals surface area contributed by atoms with Gasteiger partial charge in [0.15, 0.2) is 0 Å². The molecular formula is C17H24N2O. The second-order valence-electron chi connectivity index (χ2n) is 5.52. The van der Waals surface area contributed by atoms with Gasteiger partial charge in [-0.25, -0.2) is 0 Å². The standard InChI is InChI=1S/C17H24N2O/c1-14-6-5-9-16(12-14)19-17(20)10-11-18-13-15-7-3-2-4-8-15/h2-3,5-6,9,12,15,18H,4,7-8,10-11,13H2,1H3,(H,19,20). The third-order valence-electron chi connectivity index (χ3n) is 3.64. The maximum absolute atomic E-state index is 11.8. The molecule has 0 bridgehead atoms. The zero-order chi connectivity index (χ0) is 14.2. The molecule has 1 aliphatic carbocycles. The number of rotatable bonds is 6. The Labute approximate surface area is 121 Å². The molecule has 1 atom stereocenters. The number of anilines is 1. The number of amides is 1. The molecule has 0 spiro atoms. The summed E-state index contributed by atoms with van der Waals surface area (Å²) in [5, 5.41) is 6.32. The van der Waals surface area contributed by atoms with Crippen molar-refractivity contribution in [2.75, 3.05) is 18.4 Å². The van der Waals surface area contributed by atoms with E-state index in [2.05, 4.69) is 22.8 Å². The molecule has 3 heteroatoms. The molecule has 1 aliphatic rings. The summed E-state index contributed by atoms with van der Waals surface area (Å²) in [5.74, 6) is 0.812. The van der Waals surface area contributed by atoms with Crippen molar-refractivity contribution in [3.05, 3.63) is 42.0 Å². The molecule has 1 aromatic rings. The van der Waals surface area contributed by atoms with Gasteiger partial charge in [0, 0.05) is 18.7 Å². The molecule has 108 valence electrons. The van der Waals surface area contributed by atoms with Gasteiger partial charge in [0.05, 0.1) is 0 Å². The Morgan fingerprint density at radius 2 is 2.25 bits per heavy atom. The summed E-state index contributed by atoms with van der Waals surface area (Å²) in [6.07, 6.45) is 8.67. The van der Waals surface area contributed by atoms with Crippen molar-refractivity contribution in [2.45, 2.75) is 32.6 Å². The first-order chi connectivity index (χ1) is 9.74. The van der Waals surface area contributed by atoms with E-state index in [0.29, 0.717) is 6.42 Å². The van der Waals surface area contributed by atoms with E-state index in [1.54, 1.807) is 0 Å². The van der Waals surface area contributed by atoms with E-state index >= 15 is 0 Å². The minimum atomic E-state index is 0.0756. The van der Waals surface area contributed by atoms with E-state index in [0.717, 1.165) is 30.3 Å². The number of benzene rings is 1. The minimum absolute atomic E-state index is 0.0756. The number of nitrogens with one attached hydrogen (secondary N) is 2. The topological polar surface area (TPSA) is 41.1 Å². The van der Waals surface area contributed by atoms with Gasteiger partial charge in [0.25, 0.3) is 0 Å². The zero-order valence-corrected chi connectivity index (χ0v) is 12.2. The van der Waals surface area contributed by atoms with Crippen LogP contribution in [0, 0.1) is 12.8 Å². The highest BCUT2D eigenvalue weighted by Crippen LogP contribution is 2.16. The Balaban J connectivity index is 1.61. The van der Waals surface area contributed by atoms with Gasteiger partial charge < -0.3 is 10.6 Å². The maximum Gasteiger partial charge on any atom is 0.225 e. The molecule has 2 rings (SSSR count). The van der Waals surface area contributed by atoms with Gasteiger partial charge >= 0.3 is 0 Å². The third-order valence-corrected chi connectivity index (χ3v) is 3.64. The van der Waals surface area contributed by atoms with E-state index in [4.69, 9.17) is 0 Å². The minimum Gasteiger partial charge on any atom is -0.326 e. The van der Waals surface area contributed by atoms with Crippen molar-refractivity contribution in [3.63, 3.8) is 0 Å². The van der Waals surface area contributed by atoms with Crippen LogP contribution in [0.15, 0.2) is 36.4 Å². The monoisotopic (exact) mass is 272 g/mol. The van der Waals surface area contributed by atoms with Gasteiger partial charge in [-0.15, -0.1) is 0 Å².